The van der Waals surface area contributed by atoms with E-state index in [0.29, 0.717) is 36.9 Å². The molecule has 1 rings (SSSR count). The number of nitrogen functional groups attached to an aromatic ring is 1. The quantitative estimate of drug-likeness (QED) is 0.510. The molecule has 118 valence electrons. The normalized spacial score (nSPS) is 10.4. The summed E-state index contributed by atoms with van der Waals surface area (Å²) in [5.74, 6) is 0.407. The van der Waals surface area contributed by atoms with Crippen molar-refractivity contribution in [3.63, 3.8) is 0 Å². The van der Waals surface area contributed by atoms with Crippen molar-refractivity contribution in [2.75, 3.05) is 44.6 Å². The van der Waals surface area contributed by atoms with Crippen LogP contribution in [-0.2, 0) is 14.3 Å². The van der Waals surface area contributed by atoms with Crippen LogP contribution in [-0.4, -0.2) is 39.4 Å². The molecule has 6 heteroatoms. The van der Waals surface area contributed by atoms with Crippen LogP contribution in [0.15, 0.2) is 18.2 Å². The van der Waals surface area contributed by atoms with E-state index in [1.807, 2.05) is 0 Å². The van der Waals surface area contributed by atoms with E-state index < -0.39 is 0 Å². The first-order valence-corrected chi connectivity index (χ1v) is 7.06. The van der Waals surface area contributed by atoms with Crippen LogP contribution >= 0.6 is 0 Å². The van der Waals surface area contributed by atoms with Crippen LogP contribution in [0.2, 0.25) is 0 Å². The Hall–Kier alpha value is -1.79. The zero-order chi connectivity index (χ0) is 15.5. The molecular formula is C15H24N2O4. The third-order valence-electron chi connectivity index (χ3n) is 2.69. The lowest BCUT2D eigenvalue weighted by molar-refractivity contribution is -0.117. The van der Waals surface area contributed by atoms with E-state index in [9.17, 15) is 4.79 Å². The molecule has 0 heterocycles. The molecular weight excluding hydrogens is 272 g/mol. The molecule has 1 aromatic rings. The molecule has 3 N–H and O–H groups in total. The minimum atomic E-state index is -0.132. The Morgan fingerprint density at radius 2 is 1.90 bits per heavy atom. The summed E-state index contributed by atoms with van der Waals surface area (Å²) in [5.41, 5.74) is 6.84. The molecule has 0 fully saturated rings. The van der Waals surface area contributed by atoms with E-state index in [4.69, 9.17) is 19.9 Å². The fraction of sp³-hybridized carbons (Fsp3) is 0.533. The summed E-state index contributed by atoms with van der Waals surface area (Å²) in [7, 11) is 1.53. The molecule has 0 saturated heterocycles. The minimum absolute atomic E-state index is 0.132. The average molecular weight is 296 g/mol. The van der Waals surface area contributed by atoms with Crippen LogP contribution in [0.4, 0.5) is 11.4 Å². The summed E-state index contributed by atoms with van der Waals surface area (Å²) in [5, 5.41) is 2.77. The van der Waals surface area contributed by atoms with E-state index in [1.165, 1.54) is 7.11 Å². The van der Waals surface area contributed by atoms with Crippen LogP contribution < -0.4 is 15.8 Å². The van der Waals surface area contributed by atoms with Crippen molar-refractivity contribution in [3.05, 3.63) is 18.2 Å². The summed E-state index contributed by atoms with van der Waals surface area (Å²) in [6.45, 7) is 4.20. The lowest BCUT2D eigenvalue weighted by Crippen LogP contribution is -2.16. The van der Waals surface area contributed by atoms with Gasteiger partial charge in [-0.25, -0.2) is 0 Å². The number of carbonyl (C=O) groups is 1. The Morgan fingerprint density at radius 1 is 1.19 bits per heavy atom. The summed E-state index contributed by atoms with van der Waals surface area (Å²) in [6.07, 6.45) is 1.27. The topological polar surface area (TPSA) is 82.8 Å². The number of methoxy groups -OCH3 is 1. The number of amides is 1. The number of ether oxygens (including phenoxy) is 3. The van der Waals surface area contributed by atoms with Crippen LogP contribution in [0.3, 0.4) is 0 Å². The highest BCUT2D eigenvalue weighted by Crippen LogP contribution is 2.26. The lowest BCUT2D eigenvalue weighted by Gasteiger charge is -2.11. The van der Waals surface area contributed by atoms with Gasteiger partial charge in [0.2, 0.25) is 5.91 Å². The number of nitrogens with one attached hydrogen (secondary N) is 1. The molecule has 0 aromatic heterocycles. The number of anilines is 2. The number of nitrogens with two attached hydrogens (primary N) is 1. The summed E-state index contributed by atoms with van der Waals surface area (Å²) < 4.78 is 15.8. The molecule has 0 radical (unpaired) electrons. The molecule has 1 amide bonds. The van der Waals surface area contributed by atoms with Crippen molar-refractivity contribution in [2.24, 2.45) is 0 Å². The second kappa shape index (κ2) is 10.0. The summed E-state index contributed by atoms with van der Waals surface area (Å²) >= 11 is 0. The Kier molecular flexibility index (Phi) is 8.23. The summed E-state index contributed by atoms with van der Waals surface area (Å²) in [4.78, 5) is 11.8. The van der Waals surface area contributed by atoms with Gasteiger partial charge in [0, 0.05) is 18.4 Å². The van der Waals surface area contributed by atoms with Crippen LogP contribution in [0.1, 0.15) is 19.8 Å². The Balaban J connectivity index is 2.25. The van der Waals surface area contributed by atoms with Gasteiger partial charge in [-0.3, -0.25) is 4.79 Å². The predicted molar refractivity (Wildman–Crippen MR) is 82.6 cm³/mol. The zero-order valence-electron chi connectivity index (χ0n) is 12.7. The molecule has 0 aliphatic rings. The second-order valence-electron chi connectivity index (χ2n) is 4.48. The first kappa shape index (κ1) is 17.3. The van der Waals surface area contributed by atoms with Crippen molar-refractivity contribution in [2.45, 2.75) is 19.8 Å². The maximum Gasteiger partial charge on any atom is 0.226 e. The van der Waals surface area contributed by atoms with E-state index >= 15 is 0 Å². The maximum atomic E-state index is 11.8. The van der Waals surface area contributed by atoms with Gasteiger partial charge in [-0.15, -0.1) is 0 Å². The summed E-state index contributed by atoms with van der Waals surface area (Å²) in [6, 6.07) is 5.09. The number of carbonyl (C=O) groups excluding carboxylic acids is 1. The molecule has 0 bridgehead atoms. The molecule has 0 spiro atoms. The first-order chi connectivity index (χ1) is 10.2. The van der Waals surface area contributed by atoms with Crippen molar-refractivity contribution < 1.29 is 19.0 Å². The van der Waals surface area contributed by atoms with E-state index in [0.717, 1.165) is 13.0 Å². The number of rotatable bonds is 10. The fourth-order valence-corrected chi connectivity index (χ4v) is 1.65. The van der Waals surface area contributed by atoms with Gasteiger partial charge in [0.25, 0.3) is 0 Å². The molecule has 21 heavy (non-hydrogen) atoms. The molecule has 0 aliphatic carbocycles. The van der Waals surface area contributed by atoms with Gasteiger partial charge in [-0.2, -0.15) is 0 Å². The van der Waals surface area contributed by atoms with Crippen molar-refractivity contribution >= 4 is 17.3 Å². The molecule has 0 unspecified atom stereocenters. The van der Waals surface area contributed by atoms with Gasteiger partial charge >= 0.3 is 0 Å². The predicted octanol–water partition coefficient (Wildman–Crippen LogP) is 2.05. The molecule has 0 saturated carbocycles. The molecule has 1 aromatic carbocycles. The second-order valence-corrected chi connectivity index (χ2v) is 4.48. The number of benzene rings is 1. The Bertz CT molecular complexity index is 438. The van der Waals surface area contributed by atoms with Crippen molar-refractivity contribution in [3.8, 4) is 5.75 Å². The highest BCUT2D eigenvalue weighted by Gasteiger charge is 2.07. The fourth-order valence-electron chi connectivity index (χ4n) is 1.65. The minimum Gasteiger partial charge on any atom is -0.494 e. The standard InChI is InChI=1S/C15H24N2O4/c1-3-7-20-9-10-21-8-6-15(18)17-13-5-4-12(16)11-14(13)19-2/h4-5,11H,3,6-10,16H2,1-2H3,(H,17,18). The third-order valence-corrected chi connectivity index (χ3v) is 2.69. The Morgan fingerprint density at radius 3 is 2.57 bits per heavy atom. The highest BCUT2D eigenvalue weighted by atomic mass is 16.5. The average Bonchev–Trinajstić information content (AvgIpc) is 2.48. The van der Waals surface area contributed by atoms with Crippen LogP contribution in [0, 0.1) is 0 Å². The van der Waals surface area contributed by atoms with Gasteiger partial charge in [0.1, 0.15) is 5.75 Å². The monoisotopic (exact) mass is 296 g/mol. The van der Waals surface area contributed by atoms with Gasteiger partial charge in [0.15, 0.2) is 0 Å². The lowest BCUT2D eigenvalue weighted by atomic mass is 10.2. The van der Waals surface area contributed by atoms with Crippen molar-refractivity contribution in [1.29, 1.82) is 0 Å². The Labute approximate surface area is 125 Å². The number of hydrogen-bond acceptors (Lipinski definition) is 5. The van der Waals surface area contributed by atoms with Gasteiger partial charge < -0.3 is 25.3 Å². The van der Waals surface area contributed by atoms with Crippen molar-refractivity contribution in [1.82, 2.24) is 0 Å². The molecule has 6 nitrogen and oxygen atoms in total. The van der Waals surface area contributed by atoms with Gasteiger partial charge in [0.05, 0.1) is 39.0 Å². The van der Waals surface area contributed by atoms with E-state index in [2.05, 4.69) is 12.2 Å². The van der Waals surface area contributed by atoms with E-state index in [-0.39, 0.29) is 12.3 Å². The maximum absolute atomic E-state index is 11.8. The van der Waals surface area contributed by atoms with Gasteiger partial charge in [-0.05, 0) is 18.6 Å². The zero-order valence-corrected chi connectivity index (χ0v) is 12.7. The first-order valence-electron chi connectivity index (χ1n) is 7.06. The smallest absolute Gasteiger partial charge is 0.226 e. The van der Waals surface area contributed by atoms with Gasteiger partial charge in [-0.1, -0.05) is 6.92 Å². The largest absolute Gasteiger partial charge is 0.494 e. The number of hydrogen-bond donors (Lipinski definition) is 2. The molecule has 0 atom stereocenters. The van der Waals surface area contributed by atoms with Crippen LogP contribution in [0.5, 0.6) is 5.75 Å². The van der Waals surface area contributed by atoms with E-state index in [1.54, 1.807) is 18.2 Å². The highest BCUT2D eigenvalue weighted by molar-refractivity contribution is 5.92. The SMILES string of the molecule is CCCOCCOCCC(=O)Nc1ccc(N)cc1OC. The third kappa shape index (κ3) is 6.97. The molecule has 0 aliphatic heterocycles. The van der Waals surface area contributed by atoms with Crippen LogP contribution in [0.25, 0.3) is 0 Å².